The van der Waals surface area contributed by atoms with Crippen LogP contribution < -0.4 is 5.32 Å². The van der Waals surface area contributed by atoms with Crippen LogP contribution in [0.5, 0.6) is 0 Å². The number of benzene rings is 1. The number of dihydropyridines is 1. The van der Waals surface area contributed by atoms with Crippen LogP contribution in [0.25, 0.3) is 0 Å². The number of nitrogens with one attached hydrogen (secondary N) is 1. The van der Waals surface area contributed by atoms with Gasteiger partial charge >= 0.3 is 11.9 Å². The molecule has 0 spiro atoms. The number of non-ortho nitro benzene ring substituents is 1. The van der Waals surface area contributed by atoms with Crippen molar-refractivity contribution < 1.29 is 28.8 Å². The predicted octanol–water partition coefficient (Wildman–Crippen LogP) is 4.47. The van der Waals surface area contributed by atoms with Crippen molar-refractivity contribution in [3.05, 3.63) is 62.5 Å². The van der Waals surface area contributed by atoms with E-state index in [1.807, 2.05) is 6.92 Å². The zero-order valence-corrected chi connectivity index (χ0v) is 20.9. The second kappa shape index (κ2) is 10.6. The van der Waals surface area contributed by atoms with Crippen LogP contribution in [-0.4, -0.2) is 35.9 Å². The second-order valence-electron chi connectivity index (χ2n) is 9.91. The average Bonchev–Trinajstić information content (AvgIpc) is 3.11. The van der Waals surface area contributed by atoms with Gasteiger partial charge in [0.2, 0.25) is 0 Å². The number of rotatable bonds is 5. The maximum absolute atomic E-state index is 13.8. The van der Waals surface area contributed by atoms with E-state index in [1.54, 1.807) is 13.0 Å². The molecule has 3 aliphatic rings. The number of nitrogens with zero attached hydrogens (tertiary/aromatic N) is 1. The lowest BCUT2D eigenvalue weighted by atomic mass is 9.69. The number of carbonyl (C=O) groups is 3. The molecule has 0 amide bonds. The van der Waals surface area contributed by atoms with Gasteiger partial charge in [0.15, 0.2) is 5.78 Å². The number of ketones is 1. The molecule has 0 saturated heterocycles. The summed E-state index contributed by atoms with van der Waals surface area (Å²) in [4.78, 5) is 51.0. The molecule has 1 heterocycles. The van der Waals surface area contributed by atoms with Gasteiger partial charge in [-0.05, 0) is 50.5 Å². The SMILES string of the molecule is COC(=O)C1C(=O)C2=C(CC1C)NC(C)=C(C(=O)OC1CCCCCC1)C2c1cccc([N+](=O)[O-])c1. The van der Waals surface area contributed by atoms with E-state index >= 15 is 0 Å². The normalized spacial score (nSPS) is 25.0. The van der Waals surface area contributed by atoms with Crippen molar-refractivity contribution in [1.82, 2.24) is 5.32 Å². The highest BCUT2D eigenvalue weighted by atomic mass is 16.6. The van der Waals surface area contributed by atoms with Crippen LogP contribution >= 0.6 is 0 Å². The molecular formula is C27H32N2O7. The standard InChI is InChI=1S/C27H32N2O7/c1-15-13-20-24(25(30)21(15)26(31)35-3)23(17-9-8-10-18(14-17)29(33)34)22(16(2)28-20)27(32)36-19-11-6-4-5-7-12-19/h8-10,14-15,19,21,23,28H,4-7,11-13H2,1-3H3. The third-order valence-electron chi connectivity index (χ3n) is 7.45. The van der Waals surface area contributed by atoms with Crippen LogP contribution in [0.2, 0.25) is 0 Å². The van der Waals surface area contributed by atoms with Crippen LogP contribution in [0.1, 0.15) is 70.3 Å². The Morgan fingerprint density at radius 3 is 2.47 bits per heavy atom. The van der Waals surface area contributed by atoms with Crippen molar-refractivity contribution in [2.75, 3.05) is 7.11 Å². The Bertz CT molecular complexity index is 1140. The molecule has 3 unspecified atom stereocenters. The summed E-state index contributed by atoms with van der Waals surface area (Å²) >= 11 is 0. The van der Waals surface area contributed by atoms with Crippen LogP contribution in [0.15, 0.2) is 46.8 Å². The Hall–Kier alpha value is -3.49. The van der Waals surface area contributed by atoms with Gasteiger partial charge in [0.1, 0.15) is 12.0 Å². The number of hydrogen-bond donors (Lipinski definition) is 1. The first-order valence-electron chi connectivity index (χ1n) is 12.5. The molecule has 36 heavy (non-hydrogen) atoms. The van der Waals surface area contributed by atoms with Crippen molar-refractivity contribution in [2.24, 2.45) is 11.8 Å². The van der Waals surface area contributed by atoms with Gasteiger partial charge < -0.3 is 14.8 Å². The number of hydrogen-bond acceptors (Lipinski definition) is 8. The van der Waals surface area contributed by atoms with E-state index in [0.29, 0.717) is 23.4 Å². The maximum atomic E-state index is 13.8. The van der Waals surface area contributed by atoms with Gasteiger partial charge in [-0.25, -0.2) is 4.79 Å². The molecule has 0 aromatic heterocycles. The second-order valence-corrected chi connectivity index (χ2v) is 9.91. The van der Waals surface area contributed by atoms with Crippen molar-refractivity contribution in [3.8, 4) is 0 Å². The maximum Gasteiger partial charge on any atom is 0.337 e. The topological polar surface area (TPSA) is 125 Å². The third-order valence-corrected chi connectivity index (χ3v) is 7.45. The molecule has 1 aromatic carbocycles. The van der Waals surface area contributed by atoms with E-state index in [9.17, 15) is 24.5 Å². The summed E-state index contributed by atoms with van der Waals surface area (Å²) in [7, 11) is 1.24. The Morgan fingerprint density at radius 2 is 1.83 bits per heavy atom. The van der Waals surface area contributed by atoms with Gasteiger partial charge in [0, 0.05) is 35.0 Å². The minimum Gasteiger partial charge on any atom is -0.468 e. The molecule has 0 radical (unpaired) electrons. The minimum atomic E-state index is -1.02. The molecule has 0 bridgehead atoms. The number of allylic oxidation sites excluding steroid dienone is 3. The van der Waals surface area contributed by atoms with Crippen molar-refractivity contribution >= 4 is 23.4 Å². The van der Waals surface area contributed by atoms with E-state index in [1.165, 1.54) is 25.3 Å². The number of methoxy groups -OCH3 is 1. The van der Waals surface area contributed by atoms with Gasteiger partial charge in [-0.1, -0.05) is 31.9 Å². The number of carbonyl (C=O) groups excluding carboxylic acids is 3. The summed E-state index contributed by atoms with van der Waals surface area (Å²) in [6.45, 7) is 3.56. The van der Waals surface area contributed by atoms with Crippen molar-refractivity contribution in [1.29, 1.82) is 0 Å². The lowest BCUT2D eigenvalue weighted by Gasteiger charge is -2.38. The minimum absolute atomic E-state index is 0.150. The van der Waals surface area contributed by atoms with Crippen molar-refractivity contribution in [3.63, 3.8) is 0 Å². The quantitative estimate of drug-likeness (QED) is 0.208. The summed E-state index contributed by atoms with van der Waals surface area (Å²) in [5, 5.41) is 14.8. The summed E-state index contributed by atoms with van der Waals surface area (Å²) < 4.78 is 10.9. The molecular weight excluding hydrogens is 464 g/mol. The molecule has 2 aliphatic carbocycles. The highest BCUT2D eigenvalue weighted by Crippen LogP contribution is 2.46. The first-order chi connectivity index (χ1) is 17.2. The van der Waals surface area contributed by atoms with Crippen LogP contribution in [0, 0.1) is 22.0 Å². The highest BCUT2D eigenvalue weighted by molar-refractivity contribution is 6.12. The number of esters is 2. The zero-order valence-electron chi connectivity index (χ0n) is 20.9. The van der Waals surface area contributed by atoms with Gasteiger partial charge in [-0.2, -0.15) is 0 Å². The first-order valence-corrected chi connectivity index (χ1v) is 12.5. The predicted molar refractivity (Wildman–Crippen MR) is 131 cm³/mol. The number of nitro benzene ring substituents is 1. The van der Waals surface area contributed by atoms with Crippen molar-refractivity contribution in [2.45, 2.75) is 70.8 Å². The van der Waals surface area contributed by atoms with E-state index in [2.05, 4.69) is 5.32 Å². The molecule has 1 aliphatic heterocycles. The number of nitro groups is 1. The molecule has 9 nitrogen and oxygen atoms in total. The zero-order chi connectivity index (χ0) is 26.0. The molecule has 9 heteroatoms. The molecule has 1 fully saturated rings. The highest BCUT2D eigenvalue weighted by Gasteiger charge is 2.47. The van der Waals surface area contributed by atoms with Gasteiger partial charge in [-0.15, -0.1) is 0 Å². The average molecular weight is 497 g/mol. The summed E-state index contributed by atoms with van der Waals surface area (Å²) in [5.74, 6) is -3.84. The summed E-state index contributed by atoms with van der Waals surface area (Å²) in [5.41, 5.74) is 1.95. The number of ether oxygens (including phenoxy) is 2. The van der Waals surface area contributed by atoms with Crippen LogP contribution in [0.4, 0.5) is 5.69 Å². The molecule has 192 valence electrons. The molecule has 1 aromatic rings. The Labute approximate surface area is 210 Å². The summed E-state index contributed by atoms with van der Waals surface area (Å²) in [6, 6.07) is 5.94. The Kier molecular flexibility index (Phi) is 7.56. The van der Waals surface area contributed by atoms with E-state index in [4.69, 9.17) is 9.47 Å². The van der Waals surface area contributed by atoms with Crippen LogP contribution in [-0.2, 0) is 23.9 Å². The molecule has 4 rings (SSSR count). The van der Waals surface area contributed by atoms with E-state index < -0.39 is 34.5 Å². The summed E-state index contributed by atoms with van der Waals surface area (Å²) in [6.07, 6.45) is 5.91. The first kappa shape index (κ1) is 25.6. The Balaban J connectivity index is 1.80. The van der Waals surface area contributed by atoms with E-state index in [-0.39, 0.29) is 28.9 Å². The van der Waals surface area contributed by atoms with E-state index in [0.717, 1.165) is 38.5 Å². The lowest BCUT2D eigenvalue weighted by Crippen LogP contribution is -2.43. The number of Topliss-reactive ketones (excluding diaryl/α,β-unsaturated/α-hetero) is 1. The van der Waals surface area contributed by atoms with Gasteiger partial charge in [0.25, 0.3) is 5.69 Å². The largest absolute Gasteiger partial charge is 0.468 e. The van der Waals surface area contributed by atoms with Gasteiger partial charge in [0.05, 0.1) is 17.6 Å². The Morgan fingerprint density at radius 1 is 1.14 bits per heavy atom. The molecule has 1 saturated carbocycles. The smallest absolute Gasteiger partial charge is 0.337 e. The van der Waals surface area contributed by atoms with Gasteiger partial charge in [-0.3, -0.25) is 19.7 Å². The van der Waals surface area contributed by atoms with Crippen LogP contribution in [0.3, 0.4) is 0 Å². The fourth-order valence-electron chi connectivity index (χ4n) is 5.68. The molecule has 3 atom stereocenters. The fraction of sp³-hybridized carbons (Fsp3) is 0.519. The monoisotopic (exact) mass is 496 g/mol. The third kappa shape index (κ3) is 4.92. The lowest BCUT2D eigenvalue weighted by molar-refractivity contribution is -0.384. The fourth-order valence-corrected chi connectivity index (χ4v) is 5.68. The molecule has 1 N–H and O–H groups in total.